The molecule has 0 rings (SSSR count). The summed E-state index contributed by atoms with van der Waals surface area (Å²) in [5.41, 5.74) is -0.0244. The first kappa shape index (κ1) is 15.9. The Labute approximate surface area is 96.0 Å². The van der Waals surface area contributed by atoms with Crippen LogP contribution < -0.4 is 0 Å². The predicted octanol–water partition coefficient (Wildman–Crippen LogP) is 0.972. The van der Waals surface area contributed by atoms with Crippen LogP contribution in [0, 0.1) is 0 Å². The second-order valence-electron chi connectivity index (χ2n) is 3.19. The van der Waals surface area contributed by atoms with Gasteiger partial charge in [0.2, 0.25) is 0 Å². The zero-order valence-electron chi connectivity index (χ0n) is 8.78. The molecule has 0 aliphatic rings. The van der Waals surface area contributed by atoms with E-state index < -0.39 is 40.5 Å². The highest BCUT2D eigenvalue weighted by atomic mass is 32.2. The van der Waals surface area contributed by atoms with Gasteiger partial charge >= 0.3 is 11.2 Å². The van der Waals surface area contributed by atoms with Gasteiger partial charge in [0.25, 0.3) is 0 Å². The maximum Gasteiger partial charge on any atom is 0.364 e. The van der Waals surface area contributed by atoms with Crippen molar-refractivity contribution in [1.29, 1.82) is 0 Å². The molecule has 5 nitrogen and oxygen atoms in total. The summed E-state index contributed by atoms with van der Waals surface area (Å²) in [6, 6.07) is 0. The van der Waals surface area contributed by atoms with Crippen molar-refractivity contribution in [3.8, 4) is 0 Å². The van der Waals surface area contributed by atoms with Crippen molar-refractivity contribution in [2.24, 2.45) is 0 Å². The van der Waals surface area contributed by atoms with Crippen LogP contribution in [0.1, 0.15) is 13.3 Å². The van der Waals surface area contributed by atoms with Gasteiger partial charge in [-0.25, -0.2) is 17.6 Å². The second-order valence-corrected chi connectivity index (χ2v) is 4.64. The summed E-state index contributed by atoms with van der Waals surface area (Å²) in [7, 11) is -6.08. The Bertz CT molecular complexity index is 403. The topological polar surface area (TPSA) is 83.5 Å². The Kier molecular flexibility index (Phi) is 5.14. The quantitative estimate of drug-likeness (QED) is 0.410. The molecule has 0 aromatic carbocycles. The third-order valence-corrected chi connectivity index (χ3v) is 2.57. The van der Waals surface area contributed by atoms with Gasteiger partial charge in [0.15, 0.2) is 16.3 Å². The number of carbonyl (C=O) groups excluding carboxylic acids is 1. The predicted molar refractivity (Wildman–Crippen MR) is 49.9 cm³/mol. The first-order chi connectivity index (χ1) is 7.50. The van der Waals surface area contributed by atoms with E-state index in [0.29, 0.717) is 0 Å². The minimum absolute atomic E-state index is 0.0244. The fraction of sp³-hybridized carbons (Fsp3) is 0.625. The van der Waals surface area contributed by atoms with Crippen molar-refractivity contribution in [1.82, 2.24) is 0 Å². The van der Waals surface area contributed by atoms with Crippen LogP contribution >= 0.6 is 0 Å². The Hall–Kier alpha value is -1.09. The number of halogens is 3. The molecule has 0 N–H and O–H groups in total. The van der Waals surface area contributed by atoms with Crippen LogP contribution in [0.3, 0.4) is 0 Å². The second kappa shape index (κ2) is 5.50. The Morgan fingerprint density at radius 3 is 2.35 bits per heavy atom. The molecule has 1 atom stereocenters. The smallest absolute Gasteiger partial charge is 0.364 e. The SMILES string of the molecule is C=C(C)C(=O)OCCC(F)C(F)(F)S(=O)(=O)[O-]. The van der Waals surface area contributed by atoms with E-state index in [2.05, 4.69) is 11.3 Å². The van der Waals surface area contributed by atoms with Gasteiger partial charge in [-0.2, -0.15) is 8.78 Å². The molecule has 0 aromatic heterocycles. The Morgan fingerprint density at radius 1 is 1.53 bits per heavy atom. The minimum Gasteiger partial charge on any atom is -0.743 e. The molecule has 0 bridgehead atoms. The Morgan fingerprint density at radius 2 is 2.00 bits per heavy atom. The van der Waals surface area contributed by atoms with Crippen molar-refractivity contribution in [3.05, 3.63) is 12.2 Å². The lowest BCUT2D eigenvalue weighted by Gasteiger charge is -2.23. The number of hydrogen-bond donors (Lipinski definition) is 0. The summed E-state index contributed by atoms with van der Waals surface area (Å²) in [6.07, 6.45) is -4.34. The van der Waals surface area contributed by atoms with E-state index in [1.54, 1.807) is 0 Å². The van der Waals surface area contributed by atoms with Gasteiger partial charge in [-0.05, 0) is 6.92 Å². The molecule has 0 aromatic rings. The number of ether oxygens (including phenoxy) is 1. The molecule has 0 amide bonds. The normalized spacial score (nSPS) is 14.2. The molecule has 0 fully saturated rings. The maximum absolute atomic E-state index is 12.8. The van der Waals surface area contributed by atoms with E-state index in [-0.39, 0.29) is 5.57 Å². The average molecular weight is 275 g/mol. The minimum atomic E-state index is -6.08. The molecule has 1 unspecified atom stereocenters. The lowest BCUT2D eigenvalue weighted by molar-refractivity contribution is -0.140. The van der Waals surface area contributed by atoms with Gasteiger partial charge in [0.05, 0.1) is 6.61 Å². The maximum atomic E-state index is 12.8. The molecular weight excluding hydrogens is 265 g/mol. The van der Waals surface area contributed by atoms with Crippen LogP contribution in [-0.4, -0.2) is 37.0 Å². The number of hydrogen-bond acceptors (Lipinski definition) is 5. The van der Waals surface area contributed by atoms with E-state index in [1.165, 1.54) is 6.92 Å². The van der Waals surface area contributed by atoms with Crippen LogP contribution in [0.25, 0.3) is 0 Å². The van der Waals surface area contributed by atoms with Gasteiger partial charge in [0, 0.05) is 12.0 Å². The highest BCUT2D eigenvalue weighted by Crippen LogP contribution is 2.29. The number of esters is 1. The number of rotatable bonds is 6. The van der Waals surface area contributed by atoms with Crippen LogP contribution in [0.5, 0.6) is 0 Å². The van der Waals surface area contributed by atoms with Gasteiger partial charge in [-0.3, -0.25) is 0 Å². The zero-order valence-corrected chi connectivity index (χ0v) is 9.60. The van der Waals surface area contributed by atoms with E-state index in [9.17, 15) is 30.9 Å². The molecule has 17 heavy (non-hydrogen) atoms. The third kappa shape index (κ3) is 4.35. The van der Waals surface area contributed by atoms with E-state index in [4.69, 9.17) is 0 Å². The molecule has 0 spiro atoms. The largest absolute Gasteiger partial charge is 0.743 e. The first-order valence-corrected chi connectivity index (χ1v) is 5.71. The van der Waals surface area contributed by atoms with Crippen molar-refractivity contribution in [2.75, 3.05) is 6.61 Å². The molecule has 0 aliphatic carbocycles. The van der Waals surface area contributed by atoms with E-state index in [0.717, 1.165) is 0 Å². The van der Waals surface area contributed by atoms with Gasteiger partial charge in [0.1, 0.15) is 0 Å². The third-order valence-electron chi connectivity index (χ3n) is 1.65. The van der Waals surface area contributed by atoms with Gasteiger partial charge in [-0.15, -0.1) is 0 Å². The first-order valence-electron chi connectivity index (χ1n) is 4.30. The highest BCUT2D eigenvalue weighted by molar-refractivity contribution is 7.86. The summed E-state index contributed by atoms with van der Waals surface area (Å²) >= 11 is 0. The van der Waals surface area contributed by atoms with Crippen molar-refractivity contribution >= 4 is 16.1 Å². The van der Waals surface area contributed by atoms with Crippen molar-refractivity contribution in [3.63, 3.8) is 0 Å². The molecule has 0 saturated carbocycles. The van der Waals surface area contributed by atoms with Crippen molar-refractivity contribution in [2.45, 2.75) is 24.8 Å². The summed E-state index contributed by atoms with van der Waals surface area (Å²) in [5.74, 6) is -0.925. The van der Waals surface area contributed by atoms with Gasteiger partial charge < -0.3 is 9.29 Å². The molecule has 9 heteroatoms. The standard InChI is InChI=1S/C8H11F3O5S/c1-5(2)7(12)16-4-3-6(9)8(10,11)17(13,14)15/h6H,1,3-4H2,2H3,(H,13,14,15)/p-1. The molecule has 0 radical (unpaired) electrons. The fourth-order valence-electron chi connectivity index (χ4n) is 0.703. The molecule has 0 heterocycles. The molecular formula is C8H10F3O5S-. The molecule has 0 saturated heterocycles. The van der Waals surface area contributed by atoms with E-state index in [1.807, 2.05) is 0 Å². The van der Waals surface area contributed by atoms with Crippen LogP contribution in [-0.2, 0) is 19.6 Å². The summed E-state index contributed by atoms with van der Waals surface area (Å²) in [5, 5.41) is -5.04. The number of alkyl halides is 3. The lowest BCUT2D eigenvalue weighted by atomic mass is 10.3. The average Bonchev–Trinajstić information content (AvgIpc) is 2.15. The highest BCUT2D eigenvalue weighted by Gasteiger charge is 2.47. The van der Waals surface area contributed by atoms with Crippen LogP contribution in [0.4, 0.5) is 13.2 Å². The Balaban J connectivity index is 4.34. The lowest BCUT2D eigenvalue weighted by Crippen LogP contribution is -2.39. The fourth-order valence-corrected chi connectivity index (χ4v) is 1.13. The van der Waals surface area contributed by atoms with Crippen LogP contribution in [0.15, 0.2) is 12.2 Å². The summed E-state index contributed by atoms with van der Waals surface area (Å²) in [6.45, 7) is 3.68. The monoisotopic (exact) mass is 275 g/mol. The number of carbonyl (C=O) groups is 1. The van der Waals surface area contributed by atoms with E-state index >= 15 is 0 Å². The van der Waals surface area contributed by atoms with Gasteiger partial charge in [-0.1, -0.05) is 6.58 Å². The molecule has 100 valence electrons. The zero-order chi connectivity index (χ0) is 13.9. The summed E-state index contributed by atoms with van der Waals surface area (Å²) < 4.78 is 72.3. The molecule has 0 aliphatic heterocycles. The van der Waals surface area contributed by atoms with Crippen molar-refractivity contribution < 1.29 is 35.7 Å². The summed E-state index contributed by atoms with van der Waals surface area (Å²) in [4.78, 5) is 10.8. The van der Waals surface area contributed by atoms with Crippen LogP contribution in [0.2, 0.25) is 0 Å².